The quantitative estimate of drug-likeness (QED) is 0.866. The molecule has 1 unspecified atom stereocenters. The van der Waals surface area contributed by atoms with Crippen molar-refractivity contribution in [3.63, 3.8) is 0 Å². The Morgan fingerprint density at radius 2 is 1.86 bits per heavy atom. The fourth-order valence-corrected chi connectivity index (χ4v) is 2.67. The molecule has 0 saturated carbocycles. The smallest absolute Gasteiger partial charge is 0.411 e. The number of carboxylic acids is 1. The average molecular weight is 305 g/mol. The largest absolute Gasteiger partial charge is 0.480 e. The number of carbonyl (C=O) groups is 2. The molecule has 0 fully saturated rings. The molecule has 0 radical (unpaired) electrons. The number of amides is 1. The highest BCUT2D eigenvalue weighted by Gasteiger charge is 2.34. The van der Waals surface area contributed by atoms with Crippen molar-refractivity contribution in [2.45, 2.75) is 51.7 Å². The van der Waals surface area contributed by atoms with E-state index in [0.29, 0.717) is 13.0 Å². The molecule has 0 saturated heterocycles. The van der Waals surface area contributed by atoms with E-state index in [9.17, 15) is 14.7 Å². The molecule has 0 aromatic heterocycles. The second-order valence-corrected chi connectivity index (χ2v) is 6.60. The van der Waals surface area contributed by atoms with Gasteiger partial charge in [0.1, 0.15) is 11.6 Å². The van der Waals surface area contributed by atoms with Gasteiger partial charge in [0, 0.05) is 13.0 Å². The molecular formula is C17H23NO4. The van der Waals surface area contributed by atoms with Gasteiger partial charge in [0.05, 0.1) is 0 Å². The first kappa shape index (κ1) is 16.3. The van der Waals surface area contributed by atoms with Gasteiger partial charge in [-0.05, 0) is 44.7 Å². The van der Waals surface area contributed by atoms with Crippen LogP contribution in [0.1, 0.15) is 38.3 Å². The lowest BCUT2D eigenvalue weighted by Crippen LogP contribution is -2.49. The van der Waals surface area contributed by atoms with Crippen molar-refractivity contribution < 1.29 is 19.4 Å². The molecule has 120 valence electrons. The lowest BCUT2D eigenvalue weighted by atomic mass is 9.94. The summed E-state index contributed by atoms with van der Waals surface area (Å²) in [4.78, 5) is 25.4. The molecule has 22 heavy (non-hydrogen) atoms. The van der Waals surface area contributed by atoms with Crippen molar-refractivity contribution in [1.82, 2.24) is 4.90 Å². The van der Waals surface area contributed by atoms with Gasteiger partial charge in [-0.1, -0.05) is 24.3 Å². The number of hydrogen-bond acceptors (Lipinski definition) is 3. The van der Waals surface area contributed by atoms with Gasteiger partial charge in [-0.15, -0.1) is 0 Å². The Kier molecular flexibility index (Phi) is 4.74. The summed E-state index contributed by atoms with van der Waals surface area (Å²) < 4.78 is 5.37. The number of rotatable bonds is 1. The molecule has 1 aliphatic heterocycles. The van der Waals surface area contributed by atoms with Crippen LogP contribution in [0.25, 0.3) is 0 Å². The molecule has 1 amide bonds. The molecule has 0 bridgehead atoms. The van der Waals surface area contributed by atoms with Crippen LogP contribution in [-0.4, -0.2) is 40.3 Å². The maximum absolute atomic E-state index is 12.3. The van der Waals surface area contributed by atoms with Crippen LogP contribution in [0.5, 0.6) is 0 Å². The summed E-state index contributed by atoms with van der Waals surface area (Å²) in [5.41, 5.74) is 1.51. The molecule has 1 atom stereocenters. The minimum Gasteiger partial charge on any atom is -0.480 e. The fraction of sp³-hybridized carbons (Fsp3) is 0.529. The van der Waals surface area contributed by atoms with E-state index >= 15 is 0 Å². The maximum Gasteiger partial charge on any atom is 0.411 e. The van der Waals surface area contributed by atoms with Crippen molar-refractivity contribution in [2.75, 3.05) is 6.54 Å². The number of nitrogens with zero attached hydrogens (tertiary/aromatic N) is 1. The maximum atomic E-state index is 12.3. The summed E-state index contributed by atoms with van der Waals surface area (Å²) in [6.45, 7) is 5.72. The Morgan fingerprint density at radius 3 is 2.45 bits per heavy atom. The molecule has 5 heteroatoms. The standard InChI is InChI=1S/C17H23NO4/c1-17(2,3)22-16(21)18-10-6-9-12-7-4-5-8-13(12)11-14(18)15(19)20/h4-5,7-8,14H,6,9-11H2,1-3H3,(H,19,20). The topological polar surface area (TPSA) is 66.8 Å². The van der Waals surface area contributed by atoms with Gasteiger partial charge in [0.2, 0.25) is 0 Å². The Bertz CT molecular complexity index is 562. The first-order valence-corrected chi connectivity index (χ1v) is 7.57. The zero-order valence-electron chi connectivity index (χ0n) is 13.3. The Labute approximate surface area is 130 Å². The number of carbonyl (C=O) groups excluding carboxylic acids is 1. The predicted octanol–water partition coefficient (Wildman–Crippen LogP) is 2.87. The summed E-state index contributed by atoms with van der Waals surface area (Å²) in [7, 11) is 0. The van der Waals surface area contributed by atoms with Crippen molar-refractivity contribution >= 4 is 12.1 Å². The molecular weight excluding hydrogens is 282 g/mol. The molecule has 1 aromatic carbocycles. The normalized spacial score (nSPS) is 18.9. The molecule has 2 rings (SSSR count). The number of benzene rings is 1. The fourth-order valence-electron chi connectivity index (χ4n) is 2.67. The van der Waals surface area contributed by atoms with Crippen molar-refractivity contribution in [3.8, 4) is 0 Å². The molecule has 1 N–H and O–H groups in total. The van der Waals surface area contributed by atoms with Crippen LogP contribution >= 0.6 is 0 Å². The molecule has 1 heterocycles. The van der Waals surface area contributed by atoms with E-state index in [0.717, 1.165) is 24.0 Å². The first-order valence-electron chi connectivity index (χ1n) is 7.57. The lowest BCUT2D eigenvalue weighted by molar-refractivity contribution is -0.143. The van der Waals surface area contributed by atoms with Crippen LogP contribution in [0.2, 0.25) is 0 Å². The highest BCUT2D eigenvalue weighted by molar-refractivity contribution is 5.80. The van der Waals surface area contributed by atoms with Gasteiger partial charge in [0.15, 0.2) is 0 Å². The zero-order chi connectivity index (χ0) is 16.3. The van der Waals surface area contributed by atoms with Gasteiger partial charge in [-0.2, -0.15) is 0 Å². The number of aliphatic carboxylic acids is 1. The first-order chi connectivity index (χ1) is 10.3. The number of fused-ring (bicyclic) bond motifs is 1. The monoisotopic (exact) mass is 305 g/mol. The zero-order valence-corrected chi connectivity index (χ0v) is 13.3. The second-order valence-electron chi connectivity index (χ2n) is 6.60. The minimum atomic E-state index is -0.998. The van der Waals surface area contributed by atoms with E-state index in [1.807, 2.05) is 24.3 Å². The van der Waals surface area contributed by atoms with E-state index in [4.69, 9.17) is 4.74 Å². The van der Waals surface area contributed by atoms with Crippen LogP contribution in [0.15, 0.2) is 24.3 Å². The second kappa shape index (κ2) is 6.38. The third-order valence-corrected chi connectivity index (χ3v) is 3.67. The van der Waals surface area contributed by atoms with Crippen LogP contribution in [0.3, 0.4) is 0 Å². The Morgan fingerprint density at radius 1 is 1.23 bits per heavy atom. The van der Waals surface area contributed by atoms with E-state index in [-0.39, 0.29) is 0 Å². The molecule has 0 spiro atoms. The molecule has 1 aromatic rings. The van der Waals surface area contributed by atoms with Gasteiger partial charge in [0.25, 0.3) is 0 Å². The van der Waals surface area contributed by atoms with Gasteiger partial charge in [-0.25, -0.2) is 9.59 Å². The van der Waals surface area contributed by atoms with Crippen molar-refractivity contribution in [3.05, 3.63) is 35.4 Å². The van der Waals surface area contributed by atoms with Crippen LogP contribution in [0.4, 0.5) is 4.79 Å². The number of ether oxygens (including phenoxy) is 1. The Balaban J connectivity index is 2.27. The number of hydrogen-bond donors (Lipinski definition) is 1. The predicted molar refractivity (Wildman–Crippen MR) is 82.8 cm³/mol. The van der Waals surface area contributed by atoms with E-state index in [1.54, 1.807) is 20.8 Å². The van der Waals surface area contributed by atoms with E-state index < -0.39 is 23.7 Å². The summed E-state index contributed by atoms with van der Waals surface area (Å²) in [6.07, 6.45) is 1.31. The third kappa shape index (κ3) is 4.00. The minimum absolute atomic E-state index is 0.310. The van der Waals surface area contributed by atoms with E-state index in [2.05, 4.69) is 0 Å². The highest BCUT2D eigenvalue weighted by atomic mass is 16.6. The SMILES string of the molecule is CC(C)(C)OC(=O)N1CCCc2ccccc2CC1C(=O)O. The van der Waals surface area contributed by atoms with Crippen LogP contribution in [-0.2, 0) is 22.4 Å². The molecule has 0 aliphatic carbocycles. The van der Waals surface area contributed by atoms with Crippen molar-refractivity contribution in [2.24, 2.45) is 0 Å². The Hall–Kier alpha value is -2.04. The number of carboxylic acid groups (broad SMARTS) is 1. The summed E-state index contributed by atoms with van der Waals surface area (Å²) >= 11 is 0. The third-order valence-electron chi connectivity index (χ3n) is 3.67. The average Bonchev–Trinajstić information content (AvgIpc) is 2.36. The van der Waals surface area contributed by atoms with Crippen LogP contribution < -0.4 is 0 Å². The molecule has 1 aliphatic rings. The lowest BCUT2D eigenvalue weighted by Gasteiger charge is -2.33. The highest BCUT2D eigenvalue weighted by Crippen LogP contribution is 2.22. The van der Waals surface area contributed by atoms with Crippen LogP contribution in [0, 0.1) is 0 Å². The number of aryl methyl sites for hydroxylation is 1. The van der Waals surface area contributed by atoms with E-state index in [1.165, 1.54) is 4.90 Å². The molecule has 5 nitrogen and oxygen atoms in total. The van der Waals surface area contributed by atoms with Gasteiger partial charge in [-0.3, -0.25) is 4.90 Å². The summed E-state index contributed by atoms with van der Waals surface area (Å²) in [5, 5.41) is 9.55. The van der Waals surface area contributed by atoms with Gasteiger partial charge >= 0.3 is 12.1 Å². The van der Waals surface area contributed by atoms with Crippen molar-refractivity contribution in [1.29, 1.82) is 0 Å². The van der Waals surface area contributed by atoms with Gasteiger partial charge < -0.3 is 9.84 Å². The summed E-state index contributed by atoms with van der Waals surface area (Å²) in [6, 6.07) is 6.93. The summed E-state index contributed by atoms with van der Waals surface area (Å²) in [5.74, 6) is -0.998.